The topological polar surface area (TPSA) is 49.8 Å². The number of likely N-dealkylation sites (tertiary alicyclic amines) is 1. The minimum Gasteiger partial charge on any atom is -0.490 e. The van der Waals surface area contributed by atoms with Crippen LogP contribution < -0.4 is 4.74 Å². The molecule has 1 unspecified atom stereocenters. The molecule has 0 radical (unpaired) electrons. The van der Waals surface area contributed by atoms with Crippen LogP contribution >= 0.6 is 0 Å². The van der Waals surface area contributed by atoms with Gasteiger partial charge in [0.05, 0.1) is 12.0 Å². The summed E-state index contributed by atoms with van der Waals surface area (Å²) >= 11 is 0. The lowest BCUT2D eigenvalue weighted by molar-refractivity contribution is -0.141. The van der Waals surface area contributed by atoms with Gasteiger partial charge in [-0.2, -0.15) is 0 Å². The van der Waals surface area contributed by atoms with Crippen LogP contribution in [0.1, 0.15) is 58.4 Å². The molecule has 32 heavy (non-hydrogen) atoms. The third-order valence-corrected chi connectivity index (χ3v) is 7.32. The van der Waals surface area contributed by atoms with Gasteiger partial charge in [-0.15, -0.1) is 0 Å². The molecule has 172 valence electrons. The van der Waals surface area contributed by atoms with Crippen LogP contribution in [0, 0.1) is 17.3 Å². The van der Waals surface area contributed by atoms with Crippen molar-refractivity contribution in [3.63, 3.8) is 0 Å². The zero-order chi connectivity index (χ0) is 22.7. The van der Waals surface area contributed by atoms with Gasteiger partial charge >= 0.3 is 5.97 Å². The summed E-state index contributed by atoms with van der Waals surface area (Å²) in [5.74, 6) is 0.837. The number of carboxylic acids is 1. The van der Waals surface area contributed by atoms with E-state index in [0.717, 1.165) is 49.6 Å². The molecule has 2 fully saturated rings. The van der Waals surface area contributed by atoms with E-state index < -0.39 is 5.97 Å². The molecular weight excluding hydrogens is 398 g/mol. The third-order valence-electron chi connectivity index (χ3n) is 7.32. The summed E-state index contributed by atoms with van der Waals surface area (Å²) in [6.45, 7) is 9.34. The van der Waals surface area contributed by atoms with E-state index in [2.05, 4.69) is 74.2 Å². The van der Waals surface area contributed by atoms with Crippen molar-refractivity contribution in [3.8, 4) is 16.9 Å². The van der Waals surface area contributed by atoms with Gasteiger partial charge in [0.2, 0.25) is 0 Å². The summed E-state index contributed by atoms with van der Waals surface area (Å²) in [6.07, 6.45) is 5.81. The van der Waals surface area contributed by atoms with Gasteiger partial charge in [-0.3, -0.25) is 9.69 Å². The normalized spacial score (nSPS) is 24.4. The average Bonchev–Trinajstić information content (AvgIpc) is 3.23. The van der Waals surface area contributed by atoms with E-state index in [4.69, 9.17) is 4.74 Å². The molecule has 2 aliphatic rings. The van der Waals surface area contributed by atoms with Gasteiger partial charge in [0.15, 0.2) is 0 Å². The minimum atomic E-state index is -0.676. The van der Waals surface area contributed by atoms with E-state index in [1.807, 2.05) is 0 Å². The number of aliphatic carboxylic acids is 1. The average molecular weight is 436 g/mol. The molecule has 4 rings (SSSR count). The van der Waals surface area contributed by atoms with E-state index in [9.17, 15) is 9.90 Å². The third kappa shape index (κ3) is 5.72. The van der Waals surface area contributed by atoms with Crippen LogP contribution in [0.3, 0.4) is 0 Å². The fourth-order valence-electron chi connectivity index (χ4n) is 5.27. The highest BCUT2D eigenvalue weighted by Crippen LogP contribution is 2.39. The Morgan fingerprint density at radius 2 is 1.69 bits per heavy atom. The SMILES string of the molecule is CC(C)(C)C1CCC(Oc2cccc(-c3cccc(CN4CCC(C(=O)O)C4)c3)c2)CC1. The summed E-state index contributed by atoms with van der Waals surface area (Å²) in [7, 11) is 0. The highest BCUT2D eigenvalue weighted by Gasteiger charge is 2.30. The Bertz CT molecular complexity index is 924. The molecule has 1 saturated heterocycles. The monoisotopic (exact) mass is 435 g/mol. The summed E-state index contributed by atoms with van der Waals surface area (Å²) < 4.78 is 6.39. The fraction of sp³-hybridized carbons (Fsp3) is 0.536. The maximum absolute atomic E-state index is 11.2. The highest BCUT2D eigenvalue weighted by molar-refractivity contribution is 5.70. The number of carboxylic acid groups (broad SMARTS) is 1. The lowest BCUT2D eigenvalue weighted by Crippen LogP contribution is -2.30. The van der Waals surface area contributed by atoms with E-state index in [-0.39, 0.29) is 5.92 Å². The summed E-state index contributed by atoms with van der Waals surface area (Å²) in [6, 6.07) is 17.0. The minimum absolute atomic E-state index is 0.231. The molecule has 2 aromatic carbocycles. The van der Waals surface area contributed by atoms with E-state index in [1.165, 1.54) is 24.0 Å². The Morgan fingerprint density at radius 3 is 2.34 bits per heavy atom. The Hall–Kier alpha value is -2.33. The molecule has 1 aliphatic carbocycles. The Morgan fingerprint density at radius 1 is 1.00 bits per heavy atom. The lowest BCUT2D eigenvalue weighted by Gasteiger charge is -2.37. The van der Waals surface area contributed by atoms with Crippen molar-refractivity contribution in [2.24, 2.45) is 17.3 Å². The summed E-state index contributed by atoms with van der Waals surface area (Å²) in [5, 5.41) is 9.24. The number of nitrogens with zero attached hydrogens (tertiary/aromatic N) is 1. The van der Waals surface area contributed by atoms with Crippen LogP contribution in [0.5, 0.6) is 5.75 Å². The van der Waals surface area contributed by atoms with E-state index in [0.29, 0.717) is 18.1 Å². The van der Waals surface area contributed by atoms with Gasteiger partial charge in [-0.1, -0.05) is 51.1 Å². The van der Waals surface area contributed by atoms with Crippen LogP contribution in [0.4, 0.5) is 0 Å². The van der Waals surface area contributed by atoms with Crippen LogP contribution in [-0.4, -0.2) is 35.2 Å². The van der Waals surface area contributed by atoms with Crippen molar-refractivity contribution in [2.75, 3.05) is 13.1 Å². The molecule has 1 heterocycles. The number of rotatable bonds is 6. The molecule has 4 nitrogen and oxygen atoms in total. The zero-order valence-electron chi connectivity index (χ0n) is 19.7. The second-order valence-corrected chi connectivity index (χ2v) is 10.7. The maximum atomic E-state index is 11.2. The molecule has 0 aromatic heterocycles. The van der Waals surface area contributed by atoms with Crippen molar-refractivity contribution < 1.29 is 14.6 Å². The molecule has 4 heteroatoms. The summed E-state index contributed by atoms with van der Waals surface area (Å²) in [4.78, 5) is 13.5. The molecule has 1 aliphatic heterocycles. The number of hydrogen-bond acceptors (Lipinski definition) is 3. The Kier molecular flexibility index (Phi) is 6.90. The second kappa shape index (κ2) is 9.66. The number of benzene rings is 2. The Balaban J connectivity index is 1.38. The molecule has 2 aromatic rings. The first-order chi connectivity index (χ1) is 15.3. The quantitative estimate of drug-likeness (QED) is 0.583. The molecule has 1 N–H and O–H groups in total. The maximum Gasteiger partial charge on any atom is 0.307 e. The van der Waals surface area contributed by atoms with Crippen molar-refractivity contribution in [1.29, 1.82) is 0 Å². The fourth-order valence-corrected chi connectivity index (χ4v) is 5.27. The molecular formula is C28H37NO3. The Labute approximate surface area is 192 Å². The largest absolute Gasteiger partial charge is 0.490 e. The first-order valence-electron chi connectivity index (χ1n) is 12.1. The van der Waals surface area contributed by atoms with Gasteiger partial charge < -0.3 is 9.84 Å². The van der Waals surface area contributed by atoms with Crippen molar-refractivity contribution in [1.82, 2.24) is 4.90 Å². The molecule has 1 atom stereocenters. The number of carbonyl (C=O) groups is 1. The standard InChI is InChI=1S/C28H37NO3/c1-28(2,3)24-10-12-25(13-11-24)32-26-9-5-8-22(17-26)21-7-4-6-20(16-21)18-29-15-14-23(19-29)27(30)31/h4-9,16-17,23-25H,10-15,18-19H2,1-3H3,(H,30,31). The summed E-state index contributed by atoms with van der Waals surface area (Å²) in [5.41, 5.74) is 3.95. The van der Waals surface area contributed by atoms with Crippen molar-refractivity contribution in [2.45, 2.75) is 65.5 Å². The van der Waals surface area contributed by atoms with Crippen LogP contribution in [0.2, 0.25) is 0 Å². The highest BCUT2D eigenvalue weighted by atomic mass is 16.5. The molecule has 0 amide bonds. The van der Waals surface area contributed by atoms with Gasteiger partial charge in [0.25, 0.3) is 0 Å². The van der Waals surface area contributed by atoms with Crippen LogP contribution in [0.15, 0.2) is 48.5 Å². The van der Waals surface area contributed by atoms with Gasteiger partial charge in [0, 0.05) is 13.1 Å². The van der Waals surface area contributed by atoms with Crippen molar-refractivity contribution >= 4 is 5.97 Å². The van der Waals surface area contributed by atoms with E-state index >= 15 is 0 Å². The predicted molar refractivity (Wildman–Crippen MR) is 129 cm³/mol. The van der Waals surface area contributed by atoms with Gasteiger partial charge in [-0.25, -0.2) is 0 Å². The number of ether oxygens (including phenoxy) is 1. The van der Waals surface area contributed by atoms with Crippen LogP contribution in [0.25, 0.3) is 11.1 Å². The second-order valence-electron chi connectivity index (χ2n) is 10.7. The van der Waals surface area contributed by atoms with Crippen LogP contribution in [-0.2, 0) is 11.3 Å². The van der Waals surface area contributed by atoms with Gasteiger partial charge in [0.1, 0.15) is 5.75 Å². The van der Waals surface area contributed by atoms with E-state index in [1.54, 1.807) is 0 Å². The first-order valence-corrected chi connectivity index (χ1v) is 12.1. The first kappa shape index (κ1) is 22.8. The van der Waals surface area contributed by atoms with Crippen molar-refractivity contribution in [3.05, 3.63) is 54.1 Å². The molecule has 0 spiro atoms. The molecule has 0 bridgehead atoms. The van der Waals surface area contributed by atoms with Gasteiger partial charge in [-0.05, 0) is 84.9 Å². The lowest BCUT2D eigenvalue weighted by atomic mass is 9.72. The molecule has 1 saturated carbocycles. The predicted octanol–water partition coefficient (Wildman–Crippen LogP) is 6.24. The zero-order valence-corrected chi connectivity index (χ0v) is 19.7. The number of hydrogen-bond donors (Lipinski definition) is 1. The smallest absolute Gasteiger partial charge is 0.307 e.